The molecule has 1 aliphatic heterocycles. The molecule has 0 bridgehead atoms. The molecule has 154 valence electrons. The Balaban J connectivity index is 1.81. The summed E-state index contributed by atoms with van der Waals surface area (Å²) in [5.41, 5.74) is 3.45. The average Bonchev–Trinajstić information content (AvgIpc) is 3.21. The molecule has 0 saturated carbocycles. The maximum absolute atomic E-state index is 13.6. The molecule has 1 N–H and O–H groups in total. The van der Waals surface area contributed by atoms with Gasteiger partial charge in [-0.15, -0.1) is 0 Å². The number of nitrogens with one attached hydrogen (secondary N) is 1. The van der Waals surface area contributed by atoms with Crippen molar-refractivity contribution in [2.45, 2.75) is 26.8 Å². The van der Waals surface area contributed by atoms with E-state index < -0.39 is 0 Å². The van der Waals surface area contributed by atoms with E-state index in [1.807, 2.05) is 37.3 Å². The monoisotopic (exact) mass is 422 g/mol. The second-order valence-electron chi connectivity index (χ2n) is 7.73. The molecule has 7 heteroatoms. The van der Waals surface area contributed by atoms with Crippen molar-refractivity contribution < 1.29 is 8.91 Å². The Morgan fingerprint density at radius 1 is 1.17 bits per heavy atom. The van der Waals surface area contributed by atoms with Crippen LogP contribution in [0.15, 0.2) is 64.8 Å². The Kier molecular flexibility index (Phi) is 5.63. The Labute approximate surface area is 180 Å². The number of hydrogen-bond acceptors (Lipinski definition) is 4. The predicted molar refractivity (Wildman–Crippen MR) is 119 cm³/mol. The first kappa shape index (κ1) is 20.2. The highest BCUT2D eigenvalue weighted by atomic mass is 32.1. The molecule has 0 aliphatic carbocycles. The molecule has 30 heavy (non-hydrogen) atoms. The first-order valence-corrected chi connectivity index (χ1v) is 10.3. The fourth-order valence-electron chi connectivity index (χ4n) is 3.62. The van der Waals surface area contributed by atoms with Crippen LogP contribution in [0, 0.1) is 11.7 Å². The number of allylic oxidation sites excluding steroid dienone is 1. The molecule has 2 heterocycles. The van der Waals surface area contributed by atoms with Gasteiger partial charge in [-0.2, -0.15) is 4.98 Å². The van der Waals surface area contributed by atoms with Crippen molar-refractivity contribution in [2.75, 3.05) is 6.54 Å². The molecule has 1 atom stereocenters. The molecule has 0 saturated heterocycles. The lowest BCUT2D eigenvalue weighted by atomic mass is 9.94. The minimum absolute atomic E-state index is 0.220. The van der Waals surface area contributed by atoms with Crippen LogP contribution in [0.25, 0.3) is 17.0 Å². The second kappa shape index (κ2) is 8.36. The van der Waals surface area contributed by atoms with Crippen molar-refractivity contribution in [1.82, 2.24) is 20.4 Å². The number of thiocarbonyl (C=S) groups is 1. The van der Waals surface area contributed by atoms with Crippen molar-refractivity contribution >= 4 is 22.9 Å². The van der Waals surface area contributed by atoms with Gasteiger partial charge in [0, 0.05) is 17.8 Å². The van der Waals surface area contributed by atoms with Crippen LogP contribution in [0.5, 0.6) is 0 Å². The van der Waals surface area contributed by atoms with Gasteiger partial charge >= 0.3 is 0 Å². The number of benzene rings is 2. The molecule has 4 rings (SSSR count). The molecule has 1 aliphatic rings. The van der Waals surface area contributed by atoms with Crippen LogP contribution in [0.3, 0.4) is 0 Å². The largest absolute Gasteiger partial charge is 0.351 e. The lowest BCUT2D eigenvalue weighted by molar-refractivity contribution is 0.386. The highest BCUT2D eigenvalue weighted by Crippen LogP contribution is 2.37. The van der Waals surface area contributed by atoms with E-state index >= 15 is 0 Å². The van der Waals surface area contributed by atoms with Gasteiger partial charge in [-0.25, -0.2) is 4.39 Å². The molecular weight excluding hydrogens is 399 g/mol. The fraction of sp³-hybridized carbons (Fsp3) is 0.261. The van der Waals surface area contributed by atoms with E-state index in [1.165, 1.54) is 12.1 Å². The minimum Gasteiger partial charge on any atom is -0.351 e. The van der Waals surface area contributed by atoms with Crippen LogP contribution in [0.1, 0.15) is 38.3 Å². The average molecular weight is 423 g/mol. The van der Waals surface area contributed by atoms with E-state index in [0.29, 0.717) is 28.3 Å². The number of halogens is 1. The summed E-state index contributed by atoms with van der Waals surface area (Å²) in [4.78, 5) is 6.67. The summed E-state index contributed by atoms with van der Waals surface area (Å²) < 4.78 is 19.3. The van der Waals surface area contributed by atoms with Gasteiger partial charge in [0.2, 0.25) is 5.82 Å². The molecule has 0 fully saturated rings. The zero-order valence-corrected chi connectivity index (χ0v) is 17.9. The second-order valence-corrected chi connectivity index (χ2v) is 8.12. The number of hydrogen-bond donors (Lipinski definition) is 1. The van der Waals surface area contributed by atoms with E-state index in [2.05, 4.69) is 34.2 Å². The standard InChI is InChI=1S/C23H23FN4OS/c1-14(2)13-28-15(3)19(20(25-23(28)30)16-8-5-4-6-9-16)22-26-21(27-29-22)17-10-7-11-18(24)12-17/h4-12,14,20H,13H2,1-3H3,(H,25,30). The first-order valence-electron chi connectivity index (χ1n) is 9.88. The molecule has 0 radical (unpaired) electrons. The highest BCUT2D eigenvalue weighted by Gasteiger charge is 2.34. The number of aromatic nitrogens is 2. The zero-order chi connectivity index (χ0) is 21.3. The Morgan fingerprint density at radius 2 is 1.93 bits per heavy atom. The van der Waals surface area contributed by atoms with E-state index in [-0.39, 0.29) is 11.9 Å². The van der Waals surface area contributed by atoms with E-state index in [1.54, 1.807) is 12.1 Å². The number of rotatable bonds is 5. The highest BCUT2D eigenvalue weighted by molar-refractivity contribution is 7.80. The SMILES string of the molecule is CC1=C(c2nc(-c3cccc(F)c3)no2)C(c2ccccc2)NC(=S)N1CC(C)C. The van der Waals surface area contributed by atoms with Gasteiger partial charge in [-0.1, -0.05) is 61.5 Å². The van der Waals surface area contributed by atoms with Crippen molar-refractivity contribution in [3.8, 4) is 11.4 Å². The summed E-state index contributed by atoms with van der Waals surface area (Å²) in [5.74, 6) is 0.813. The third-order valence-corrected chi connectivity index (χ3v) is 5.35. The third kappa shape index (κ3) is 3.98. The summed E-state index contributed by atoms with van der Waals surface area (Å²) >= 11 is 5.67. The summed E-state index contributed by atoms with van der Waals surface area (Å²) in [6.45, 7) is 7.08. The minimum atomic E-state index is -0.343. The fourth-order valence-corrected chi connectivity index (χ4v) is 3.95. The van der Waals surface area contributed by atoms with Gasteiger partial charge in [0.05, 0.1) is 11.6 Å². The topological polar surface area (TPSA) is 54.2 Å². The van der Waals surface area contributed by atoms with Gasteiger partial charge in [0.1, 0.15) is 5.82 Å². The van der Waals surface area contributed by atoms with Crippen molar-refractivity contribution in [1.29, 1.82) is 0 Å². The van der Waals surface area contributed by atoms with E-state index in [4.69, 9.17) is 16.7 Å². The zero-order valence-electron chi connectivity index (χ0n) is 17.1. The summed E-state index contributed by atoms with van der Waals surface area (Å²) in [6.07, 6.45) is 0. The Morgan fingerprint density at radius 3 is 2.63 bits per heavy atom. The van der Waals surface area contributed by atoms with Crippen LogP contribution < -0.4 is 5.32 Å². The lowest BCUT2D eigenvalue weighted by Crippen LogP contribution is -2.47. The van der Waals surface area contributed by atoms with Gasteiger partial charge in [0.25, 0.3) is 5.89 Å². The maximum atomic E-state index is 13.6. The van der Waals surface area contributed by atoms with Crippen LogP contribution in [0.4, 0.5) is 4.39 Å². The van der Waals surface area contributed by atoms with Crippen molar-refractivity contribution in [3.63, 3.8) is 0 Å². The van der Waals surface area contributed by atoms with E-state index in [9.17, 15) is 4.39 Å². The quantitative estimate of drug-likeness (QED) is 0.571. The van der Waals surface area contributed by atoms with E-state index in [0.717, 1.165) is 23.4 Å². The van der Waals surface area contributed by atoms with Crippen LogP contribution in [0.2, 0.25) is 0 Å². The van der Waals surface area contributed by atoms with Crippen LogP contribution >= 0.6 is 12.2 Å². The smallest absolute Gasteiger partial charge is 0.258 e. The normalized spacial score (nSPS) is 16.9. The molecule has 0 amide bonds. The maximum Gasteiger partial charge on any atom is 0.258 e. The molecule has 1 unspecified atom stereocenters. The van der Waals surface area contributed by atoms with Crippen molar-refractivity contribution in [2.24, 2.45) is 5.92 Å². The first-order chi connectivity index (χ1) is 14.4. The summed E-state index contributed by atoms with van der Waals surface area (Å²) in [7, 11) is 0. The Hall–Kier alpha value is -3.06. The predicted octanol–water partition coefficient (Wildman–Crippen LogP) is 5.19. The molecule has 0 spiro atoms. The van der Waals surface area contributed by atoms with Gasteiger partial charge in [-0.05, 0) is 42.8 Å². The van der Waals surface area contributed by atoms with Gasteiger partial charge in [0.15, 0.2) is 5.11 Å². The van der Waals surface area contributed by atoms with Gasteiger partial charge in [-0.3, -0.25) is 0 Å². The van der Waals surface area contributed by atoms with Crippen LogP contribution in [-0.4, -0.2) is 26.7 Å². The number of nitrogens with zero attached hydrogens (tertiary/aromatic N) is 3. The lowest BCUT2D eigenvalue weighted by Gasteiger charge is -2.38. The molecule has 3 aromatic rings. The summed E-state index contributed by atoms with van der Waals surface area (Å²) in [5, 5.41) is 8.21. The molecular formula is C23H23FN4OS. The Bertz CT molecular complexity index is 1090. The molecule has 1 aromatic heterocycles. The van der Waals surface area contributed by atoms with Gasteiger partial charge < -0.3 is 14.7 Å². The van der Waals surface area contributed by atoms with Crippen molar-refractivity contribution in [3.05, 3.63) is 77.6 Å². The summed E-state index contributed by atoms with van der Waals surface area (Å²) in [6, 6.07) is 16.0. The molecule has 2 aromatic carbocycles. The van der Waals surface area contributed by atoms with Crippen LogP contribution in [-0.2, 0) is 0 Å². The third-order valence-electron chi connectivity index (χ3n) is 5.02. The molecule has 5 nitrogen and oxygen atoms in total.